The molecule has 66 heavy (non-hydrogen) atoms. The third-order valence-electron chi connectivity index (χ3n) is 14.0. The molecular formula is C64H60N2. The molecule has 0 amide bonds. The van der Waals surface area contributed by atoms with E-state index in [9.17, 15) is 0 Å². The molecule has 10 aromatic rings. The summed E-state index contributed by atoms with van der Waals surface area (Å²) in [7, 11) is 0. The summed E-state index contributed by atoms with van der Waals surface area (Å²) in [5, 5.41) is 7.82. The lowest BCUT2D eigenvalue weighted by Gasteiger charge is -2.33. The van der Waals surface area contributed by atoms with Gasteiger partial charge in [0.05, 0.1) is 11.4 Å². The average molecular weight is 857 g/mol. The van der Waals surface area contributed by atoms with Gasteiger partial charge in [0.25, 0.3) is 0 Å². The maximum absolute atomic E-state index is 2.58. The van der Waals surface area contributed by atoms with Gasteiger partial charge in [-0.25, -0.2) is 0 Å². The molecule has 0 aliphatic rings. The van der Waals surface area contributed by atoms with Crippen molar-refractivity contribution in [3.8, 4) is 22.3 Å². The molecule has 0 unspecified atom stereocenters. The first-order valence-electron chi connectivity index (χ1n) is 23.7. The Kier molecular flexibility index (Phi) is 11.0. The number of hydrogen-bond donors (Lipinski definition) is 0. The first-order chi connectivity index (χ1) is 31.9. The lowest BCUT2D eigenvalue weighted by atomic mass is 9.83. The van der Waals surface area contributed by atoms with Crippen molar-refractivity contribution in [2.45, 2.75) is 81.1 Å². The minimum atomic E-state index is 0.282. The van der Waals surface area contributed by atoms with Gasteiger partial charge in [-0.1, -0.05) is 161 Å². The van der Waals surface area contributed by atoms with Crippen molar-refractivity contribution in [3.05, 3.63) is 214 Å². The Labute approximate surface area is 392 Å². The summed E-state index contributed by atoms with van der Waals surface area (Å²) in [5.41, 5.74) is 22.2. The van der Waals surface area contributed by atoms with Crippen molar-refractivity contribution >= 4 is 66.4 Å². The van der Waals surface area contributed by atoms with Gasteiger partial charge in [0.15, 0.2) is 0 Å². The molecule has 2 heteroatoms. The SMILES string of the molecule is Cc1ccc(C)c(N(c2cc(-c3ccccc3)ccc2C)c2cc(C(C)C)c3ccc4c(N(c5cc(C)ccc5C)c5cc(-c6ccccc6)ccc5C)cc(C(C)C)c5ccc2c3c54)c1. The molecule has 0 spiro atoms. The molecule has 0 bridgehead atoms. The fourth-order valence-electron chi connectivity index (χ4n) is 10.4. The summed E-state index contributed by atoms with van der Waals surface area (Å²) in [6.07, 6.45) is 0. The van der Waals surface area contributed by atoms with E-state index < -0.39 is 0 Å². The molecule has 10 rings (SSSR count). The highest BCUT2D eigenvalue weighted by Gasteiger charge is 2.28. The van der Waals surface area contributed by atoms with Crippen LogP contribution < -0.4 is 9.80 Å². The highest BCUT2D eigenvalue weighted by molar-refractivity contribution is 6.29. The second kappa shape index (κ2) is 17.0. The summed E-state index contributed by atoms with van der Waals surface area (Å²) < 4.78 is 0. The monoisotopic (exact) mass is 856 g/mol. The second-order valence-corrected chi connectivity index (χ2v) is 19.3. The molecule has 0 N–H and O–H groups in total. The second-order valence-electron chi connectivity index (χ2n) is 19.3. The van der Waals surface area contributed by atoms with Crippen LogP contribution in [0.15, 0.2) is 170 Å². The largest absolute Gasteiger partial charge is 0.309 e. The Morgan fingerprint density at radius 1 is 0.288 bits per heavy atom. The van der Waals surface area contributed by atoms with E-state index in [4.69, 9.17) is 0 Å². The molecule has 0 heterocycles. The molecule has 0 fully saturated rings. The van der Waals surface area contributed by atoms with Gasteiger partial charge in [-0.3, -0.25) is 0 Å². The van der Waals surface area contributed by atoms with E-state index in [-0.39, 0.29) is 11.8 Å². The Morgan fingerprint density at radius 2 is 0.621 bits per heavy atom. The van der Waals surface area contributed by atoms with E-state index in [1.807, 2.05) is 0 Å². The normalized spacial score (nSPS) is 11.8. The van der Waals surface area contributed by atoms with Crippen molar-refractivity contribution in [3.63, 3.8) is 0 Å². The van der Waals surface area contributed by atoms with Gasteiger partial charge >= 0.3 is 0 Å². The molecule has 0 aliphatic carbocycles. The lowest BCUT2D eigenvalue weighted by Crippen LogP contribution is -2.15. The van der Waals surface area contributed by atoms with Gasteiger partial charge in [-0.05, 0) is 178 Å². The number of nitrogens with zero attached hydrogens (tertiary/aromatic N) is 2. The van der Waals surface area contributed by atoms with Crippen LogP contribution in [0.4, 0.5) is 34.1 Å². The quantitative estimate of drug-likeness (QED) is 0.126. The predicted molar refractivity (Wildman–Crippen MR) is 287 cm³/mol. The third-order valence-corrected chi connectivity index (χ3v) is 14.0. The zero-order valence-corrected chi connectivity index (χ0v) is 40.2. The van der Waals surface area contributed by atoms with E-state index >= 15 is 0 Å². The standard InChI is InChI=1S/C64H60N2/c1-39(2)55-37-61(65(57-33-41(5)21-23-43(57)7)59-35-49(27-25-45(59)9)47-17-13-11-14-18-47)53-32-30-52-56(40(3)4)38-62(54-31-29-51(55)63(53)64(52)54)66(58-34-42(6)22-24-44(58)8)60-36-50(28-26-46(60)10)48-19-15-12-16-20-48/h11-40H,1-10H3. The number of aryl methyl sites for hydroxylation is 6. The average Bonchev–Trinajstić information content (AvgIpc) is 3.32. The zero-order chi connectivity index (χ0) is 46.0. The fourth-order valence-corrected chi connectivity index (χ4v) is 10.4. The molecular weight excluding hydrogens is 797 g/mol. The van der Waals surface area contributed by atoms with Crippen LogP contribution in [0.3, 0.4) is 0 Å². The molecule has 0 saturated carbocycles. The van der Waals surface area contributed by atoms with Gasteiger partial charge in [0, 0.05) is 33.5 Å². The topological polar surface area (TPSA) is 6.48 Å². The Bertz CT molecular complexity index is 3200. The fraction of sp³-hybridized carbons (Fsp3) is 0.188. The number of rotatable bonds is 10. The van der Waals surface area contributed by atoms with Gasteiger partial charge < -0.3 is 9.80 Å². The van der Waals surface area contributed by atoms with Crippen LogP contribution in [0.1, 0.15) is 84.0 Å². The van der Waals surface area contributed by atoms with Crippen molar-refractivity contribution < 1.29 is 0 Å². The molecule has 0 aromatic heterocycles. The van der Waals surface area contributed by atoms with Gasteiger partial charge in [0.1, 0.15) is 0 Å². The van der Waals surface area contributed by atoms with E-state index in [2.05, 4.69) is 249 Å². The maximum atomic E-state index is 2.58. The van der Waals surface area contributed by atoms with Crippen LogP contribution in [-0.2, 0) is 0 Å². The summed E-state index contributed by atoms with van der Waals surface area (Å²) in [6, 6.07) is 64.1. The lowest BCUT2D eigenvalue weighted by molar-refractivity contribution is 0.875. The number of hydrogen-bond acceptors (Lipinski definition) is 2. The van der Waals surface area contributed by atoms with E-state index in [1.165, 1.54) is 133 Å². The van der Waals surface area contributed by atoms with Crippen LogP contribution in [0.2, 0.25) is 0 Å². The zero-order valence-electron chi connectivity index (χ0n) is 40.2. The maximum Gasteiger partial charge on any atom is 0.0543 e. The van der Waals surface area contributed by atoms with Crippen molar-refractivity contribution in [1.29, 1.82) is 0 Å². The first kappa shape index (κ1) is 42.8. The first-order valence-corrected chi connectivity index (χ1v) is 23.7. The van der Waals surface area contributed by atoms with E-state index in [0.717, 1.165) is 0 Å². The number of benzene rings is 10. The highest BCUT2D eigenvalue weighted by Crippen LogP contribution is 2.52. The molecule has 0 saturated heterocycles. The van der Waals surface area contributed by atoms with Crippen molar-refractivity contribution in [2.75, 3.05) is 9.80 Å². The van der Waals surface area contributed by atoms with Crippen LogP contribution in [0, 0.1) is 41.5 Å². The van der Waals surface area contributed by atoms with Gasteiger partial charge in [-0.15, -0.1) is 0 Å². The minimum absolute atomic E-state index is 0.282. The third kappa shape index (κ3) is 7.39. The molecule has 326 valence electrons. The Morgan fingerprint density at radius 3 is 0.985 bits per heavy atom. The predicted octanol–water partition coefficient (Wildman–Crippen LogP) is 19.0. The highest BCUT2D eigenvalue weighted by atomic mass is 15.2. The Balaban J connectivity index is 1.34. The molecule has 0 atom stereocenters. The van der Waals surface area contributed by atoms with Gasteiger partial charge in [0.2, 0.25) is 0 Å². The number of anilines is 6. The Hall–Kier alpha value is -7.16. The molecule has 2 nitrogen and oxygen atoms in total. The van der Waals surface area contributed by atoms with Crippen LogP contribution in [0.25, 0.3) is 54.6 Å². The minimum Gasteiger partial charge on any atom is -0.309 e. The van der Waals surface area contributed by atoms with Gasteiger partial charge in [-0.2, -0.15) is 0 Å². The van der Waals surface area contributed by atoms with Crippen LogP contribution in [-0.4, -0.2) is 0 Å². The smallest absolute Gasteiger partial charge is 0.0543 e. The van der Waals surface area contributed by atoms with Crippen LogP contribution in [0.5, 0.6) is 0 Å². The summed E-state index contributed by atoms with van der Waals surface area (Å²) in [6.45, 7) is 22.9. The van der Waals surface area contributed by atoms with Crippen LogP contribution >= 0.6 is 0 Å². The summed E-state index contributed by atoms with van der Waals surface area (Å²) >= 11 is 0. The van der Waals surface area contributed by atoms with E-state index in [0.29, 0.717) is 0 Å². The summed E-state index contributed by atoms with van der Waals surface area (Å²) in [4.78, 5) is 5.15. The van der Waals surface area contributed by atoms with Crippen molar-refractivity contribution in [1.82, 2.24) is 0 Å². The molecule has 0 aliphatic heterocycles. The van der Waals surface area contributed by atoms with E-state index in [1.54, 1.807) is 0 Å². The summed E-state index contributed by atoms with van der Waals surface area (Å²) in [5.74, 6) is 0.564. The molecule has 10 aromatic carbocycles. The van der Waals surface area contributed by atoms with Crippen molar-refractivity contribution in [2.24, 2.45) is 0 Å². The molecule has 0 radical (unpaired) electrons.